The standard InChI is InChI=1S/C17H16N2O3S/c1-12(2)14-11-19(15-8-4-3-7-13(15)17(14)20)23(21,22)16-9-5-6-10-18-16/h3-10H,11H2,1-2H3. The molecule has 1 aromatic carbocycles. The Kier molecular flexibility index (Phi) is 3.77. The smallest absolute Gasteiger partial charge is 0.282 e. The van der Waals surface area contributed by atoms with Gasteiger partial charge < -0.3 is 0 Å². The fourth-order valence-electron chi connectivity index (χ4n) is 2.56. The zero-order valence-corrected chi connectivity index (χ0v) is 13.7. The van der Waals surface area contributed by atoms with Gasteiger partial charge in [-0.05, 0) is 38.1 Å². The maximum Gasteiger partial charge on any atom is 0.282 e. The molecular formula is C17H16N2O3S. The van der Waals surface area contributed by atoms with Crippen molar-refractivity contribution in [2.45, 2.75) is 18.9 Å². The summed E-state index contributed by atoms with van der Waals surface area (Å²) in [6.45, 7) is 3.65. The molecule has 23 heavy (non-hydrogen) atoms. The maximum atomic E-state index is 13.0. The molecule has 0 spiro atoms. The zero-order chi connectivity index (χ0) is 16.6. The van der Waals surface area contributed by atoms with Crippen LogP contribution in [0.2, 0.25) is 0 Å². The van der Waals surface area contributed by atoms with E-state index in [1.807, 2.05) is 13.8 Å². The van der Waals surface area contributed by atoms with Gasteiger partial charge in [-0.2, -0.15) is 8.42 Å². The van der Waals surface area contributed by atoms with Crippen molar-refractivity contribution >= 4 is 21.5 Å². The lowest BCUT2D eigenvalue weighted by molar-refractivity contribution is 0.103. The van der Waals surface area contributed by atoms with Crippen LogP contribution in [0.15, 0.2) is 64.8 Å². The molecule has 6 heteroatoms. The predicted molar refractivity (Wildman–Crippen MR) is 87.9 cm³/mol. The average Bonchev–Trinajstić information content (AvgIpc) is 2.55. The SMILES string of the molecule is CC(C)=C1CN(S(=O)(=O)c2ccccn2)c2ccccc2C1=O. The summed E-state index contributed by atoms with van der Waals surface area (Å²) >= 11 is 0. The number of hydrogen-bond acceptors (Lipinski definition) is 4. The lowest BCUT2D eigenvalue weighted by atomic mass is 9.95. The molecule has 1 aliphatic rings. The average molecular weight is 328 g/mol. The molecule has 0 amide bonds. The number of rotatable bonds is 2. The Morgan fingerprint density at radius 2 is 1.78 bits per heavy atom. The minimum absolute atomic E-state index is 0.0249. The number of carbonyl (C=O) groups is 1. The van der Waals surface area contributed by atoms with Crippen molar-refractivity contribution in [3.05, 3.63) is 65.4 Å². The van der Waals surface area contributed by atoms with Crippen LogP contribution in [0, 0.1) is 0 Å². The number of para-hydroxylation sites is 1. The summed E-state index contributed by atoms with van der Waals surface area (Å²) in [5.41, 5.74) is 2.11. The number of anilines is 1. The highest BCUT2D eigenvalue weighted by Gasteiger charge is 2.35. The van der Waals surface area contributed by atoms with E-state index >= 15 is 0 Å². The first-order valence-electron chi connectivity index (χ1n) is 7.17. The first-order valence-corrected chi connectivity index (χ1v) is 8.61. The van der Waals surface area contributed by atoms with Crippen LogP contribution in [0.4, 0.5) is 5.69 Å². The van der Waals surface area contributed by atoms with Gasteiger partial charge in [-0.3, -0.25) is 9.10 Å². The molecule has 1 aliphatic heterocycles. The fourth-order valence-corrected chi connectivity index (χ4v) is 3.95. The number of carbonyl (C=O) groups excluding carboxylic acids is 1. The molecule has 0 saturated carbocycles. The molecule has 1 aromatic heterocycles. The van der Waals surface area contributed by atoms with E-state index in [1.54, 1.807) is 36.4 Å². The number of aromatic nitrogens is 1. The second-order valence-corrected chi connectivity index (χ2v) is 7.31. The van der Waals surface area contributed by atoms with Crippen molar-refractivity contribution in [3.63, 3.8) is 0 Å². The topological polar surface area (TPSA) is 67.3 Å². The highest BCUT2D eigenvalue weighted by Crippen LogP contribution is 2.34. The van der Waals surface area contributed by atoms with Gasteiger partial charge in [-0.1, -0.05) is 23.8 Å². The van der Waals surface area contributed by atoms with Crippen LogP contribution < -0.4 is 4.31 Å². The molecule has 3 rings (SSSR count). The second kappa shape index (κ2) is 5.62. The van der Waals surface area contributed by atoms with Gasteiger partial charge in [0, 0.05) is 17.3 Å². The Labute approximate surface area is 135 Å². The molecule has 0 N–H and O–H groups in total. The largest absolute Gasteiger partial charge is 0.289 e. The van der Waals surface area contributed by atoms with Crippen molar-refractivity contribution < 1.29 is 13.2 Å². The monoisotopic (exact) mass is 328 g/mol. The number of benzene rings is 1. The summed E-state index contributed by atoms with van der Waals surface area (Å²) in [5, 5.41) is -0.0303. The Bertz CT molecular complexity index is 898. The summed E-state index contributed by atoms with van der Waals surface area (Å²) in [6.07, 6.45) is 1.44. The summed E-state index contributed by atoms with van der Waals surface area (Å²) in [6, 6.07) is 11.5. The van der Waals surface area contributed by atoms with Crippen LogP contribution in [0.3, 0.4) is 0 Å². The van der Waals surface area contributed by atoms with E-state index in [9.17, 15) is 13.2 Å². The third-order valence-corrected chi connectivity index (χ3v) is 5.47. The van der Waals surface area contributed by atoms with E-state index in [-0.39, 0.29) is 17.4 Å². The summed E-state index contributed by atoms with van der Waals surface area (Å²) in [5.74, 6) is -0.118. The van der Waals surface area contributed by atoms with Gasteiger partial charge in [0.1, 0.15) is 0 Å². The molecule has 0 bridgehead atoms. The van der Waals surface area contributed by atoms with Crippen molar-refractivity contribution in [2.24, 2.45) is 0 Å². The van der Waals surface area contributed by atoms with E-state index < -0.39 is 10.0 Å². The number of allylic oxidation sites excluding steroid dienone is 1. The van der Waals surface area contributed by atoms with Gasteiger partial charge in [0.05, 0.1) is 12.2 Å². The highest BCUT2D eigenvalue weighted by atomic mass is 32.2. The van der Waals surface area contributed by atoms with Crippen LogP contribution in [0.5, 0.6) is 0 Å². The minimum Gasteiger partial charge on any atom is -0.289 e. The van der Waals surface area contributed by atoms with Gasteiger partial charge in [0.15, 0.2) is 10.8 Å². The highest BCUT2D eigenvalue weighted by molar-refractivity contribution is 7.92. The van der Waals surface area contributed by atoms with Crippen molar-refractivity contribution in [1.29, 1.82) is 0 Å². The third-order valence-electron chi connectivity index (χ3n) is 3.79. The van der Waals surface area contributed by atoms with Gasteiger partial charge in [-0.25, -0.2) is 4.98 Å². The fraction of sp³-hybridized carbons (Fsp3) is 0.176. The van der Waals surface area contributed by atoms with Gasteiger partial charge >= 0.3 is 0 Å². The number of sulfonamides is 1. The Morgan fingerprint density at radius 3 is 2.43 bits per heavy atom. The van der Waals surface area contributed by atoms with Gasteiger partial charge in [0.2, 0.25) is 0 Å². The van der Waals surface area contributed by atoms with Gasteiger partial charge in [-0.15, -0.1) is 0 Å². The van der Waals surface area contributed by atoms with Crippen molar-refractivity contribution in [3.8, 4) is 0 Å². The number of ketones is 1. The van der Waals surface area contributed by atoms with Crippen molar-refractivity contribution in [1.82, 2.24) is 4.98 Å². The summed E-state index contributed by atoms with van der Waals surface area (Å²) in [4.78, 5) is 16.5. The van der Waals surface area contributed by atoms with Crippen molar-refractivity contribution in [2.75, 3.05) is 10.8 Å². The summed E-state index contributed by atoms with van der Waals surface area (Å²) < 4.78 is 27.2. The van der Waals surface area contributed by atoms with E-state index in [2.05, 4.69) is 4.98 Å². The van der Waals surface area contributed by atoms with Crippen LogP contribution >= 0.6 is 0 Å². The van der Waals surface area contributed by atoms with E-state index in [4.69, 9.17) is 0 Å². The molecule has 2 heterocycles. The maximum absolute atomic E-state index is 13.0. The molecular weight excluding hydrogens is 312 g/mol. The first-order chi connectivity index (χ1) is 10.9. The van der Waals surface area contributed by atoms with Crippen LogP contribution in [-0.2, 0) is 10.0 Å². The number of Topliss-reactive ketones (excluding diaryl/α,β-unsaturated/α-hetero) is 1. The molecule has 0 saturated heterocycles. The Balaban J connectivity index is 2.22. The van der Waals surface area contributed by atoms with Crippen LogP contribution in [-0.4, -0.2) is 25.7 Å². The number of fused-ring (bicyclic) bond motifs is 1. The van der Waals surface area contributed by atoms with E-state index in [0.29, 0.717) is 16.8 Å². The number of nitrogens with zero attached hydrogens (tertiary/aromatic N) is 2. The molecule has 0 atom stereocenters. The van der Waals surface area contributed by atoms with Crippen LogP contribution in [0.1, 0.15) is 24.2 Å². The molecule has 2 aromatic rings. The van der Waals surface area contributed by atoms with E-state index in [1.165, 1.54) is 16.6 Å². The van der Waals surface area contributed by atoms with Gasteiger partial charge in [0.25, 0.3) is 10.0 Å². The molecule has 5 nitrogen and oxygen atoms in total. The quantitative estimate of drug-likeness (QED) is 0.795. The number of hydrogen-bond donors (Lipinski definition) is 0. The third kappa shape index (κ3) is 2.55. The first kappa shape index (κ1) is 15.4. The molecule has 0 aliphatic carbocycles. The minimum atomic E-state index is -3.83. The zero-order valence-electron chi connectivity index (χ0n) is 12.9. The molecule has 0 unspecified atom stereocenters. The number of pyridine rings is 1. The Hall–Kier alpha value is -2.47. The normalized spacial score (nSPS) is 14.6. The summed E-state index contributed by atoms with van der Waals surface area (Å²) in [7, 11) is -3.83. The second-order valence-electron chi connectivity index (χ2n) is 5.50. The predicted octanol–water partition coefficient (Wildman–Crippen LogP) is 2.81. The lowest BCUT2D eigenvalue weighted by Gasteiger charge is -2.31. The molecule has 0 fully saturated rings. The molecule has 0 radical (unpaired) electrons. The molecule has 118 valence electrons. The Morgan fingerprint density at radius 1 is 1.09 bits per heavy atom. The lowest BCUT2D eigenvalue weighted by Crippen LogP contribution is -2.39. The van der Waals surface area contributed by atoms with Crippen LogP contribution in [0.25, 0.3) is 0 Å². The van der Waals surface area contributed by atoms with E-state index in [0.717, 1.165) is 5.57 Å².